The van der Waals surface area contributed by atoms with Crippen LogP contribution < -0.4 is 15.5 Å². The Balaban J connectivity index is 1.78. The lowest BCUT2D eigenvalue weighted by atomic mass is 10.1. The van der Waals surface area contributed by atoms with E-state index in [2.05, 4.69) is 10.6 Å². The van der Waals surface area contributed by atoms with Gasteiger partial charge in [-0.15, -0.1) is 0 Å². The van der Waals surface area contributed by atoms with Crippen molar-refractivity contribution in [3.05, 3.63) is 58.4 Å². The molecule has 3 rings (SSSR count). The monoisotopic (exact) mass is 415 g/mol. The maximum Gasteiger partial charge on any atom is 0.419 e. The molecule has 2 N–H and O–H groups in total. The molecule has 0 saturated carbocycles. The highest BCUT2D eigenvalue weighted by molar-refractivity contribution is 6.33. The number of carbonyl (C=O) groups excluding carboxylic acids is 2. The lowest BCUT2D eigenvalue weighted by Gasteiger charge is -2.29. The average molecular weight is 416 g/mol. The summed E-state index contributed by atoms with van der Waals surface area (Å²) in [7, 11) is 0. The first-order valence-electron chi connectivity index (χ1n) is 8.14. The molecule has 5 nitrogen and oxygen atoms in total. The number of benzene rings is 2. The molecule has 28 heavy (non-hydrogen) atoms. The topological polar surface area (TPSA) is 61.4 Å². The van der Waals surface area contributed by atoms with E-state index in [1.54, 1.807) is 11.0 Å². The first-order valence-corrected chi connectivity index (χ1v) is 8.52. The summed E-state index contributed by atoms with van der Waals surface area (Å²) in [5, 5.41) is 5.38. The van der Waals surface area contributed by atoms with E-state index >= 15 is 0 Å². The fourth-order valence-electron chi connectivity index (χ4n) is 2.77. The van der Waals surface area contributed by atoms with Crippen LogP contribution in [0.5, 0.6) is 0 Å². The van der Waals surface area contributed by atoms with E-state index in [4.69, 9.17) is 11.6 Å². The molecule has 0 atom stereocenters. The highest BCUT2D eigenvalue weighted by Crippen LogP contribution is 2.32. The van der Waals surface area contributed by atoms with E-state index in [1.807, 2.05) is 0 Å². The Hall–Kier alpha value is -2.81. The summed E-state index contributed by atoms with van der Waals surface area (Å²) in [4.78, 5) is 25.5. The minimum absolute atomic E-state index is 0.140. The molecule has 0 aliphatic carbocycles. The summed E-state index contributed by atoms with van der Waals surface area (Å²) < 4.78 is 51.8. The minimum atomic E-state index is -4.91. The van der Waals surface area contributed by atoms with E-state index in [0.29, 0.717) is 30.9 Å². The van der Waals surface area contributed by atoms with Gasteiger partial charge in [-0.2, -0.15) is 13.2 Å². The molecule has 148 valence electrons. The van der Waals surface area contributed by atoms with Crippen LogP contribution in [0.15, 0.2) is 36.4 Å². The molecule has 0 radical (unpaired) electrons. The second-order valence-corrected chi connectivity index (χ2v) is 6.49. The molecule has 1 fully saturated rings. The van der Waals surface area contributed by atoms with Crippen LogP contribution in [0, 0.1) is 5.82 Å². The Morgan fingerprint density at radius 1 is 1.18 bits per heavy atom. The number of piperazine rings is 1. The third-order valence-corrected chi connectivity index (χ3v) is 4.42. The van der Waals surface area contributed by atoms with Gasteiger partial charge in [-0.05, 0) is 36.4 Å². The highest BCUT2D eigenvalue weighted by Gasteiger charge is 2.34. The number of amides is 2. The normalized spacial score (nSPS) is 14.6. The van der Waals surface area contributed by atoms with Crippen LogP contribution in [0.2, 0.25) is 5.02 Å². The van der Waals surface area contributed by atoms with Crippen LogP contribution in [0.1, 0.15) is 15.9 Å². The lowest BCUT2D eigenvalue weighted by Crippen LogP contribution is -2.47. The van der Waals surface area contributed by atoms with Gasteiger partial charge in [-0.1, -0.05) is 11.6 Å². The minimum Gasteiger partial charge on any atom is -0.359 e. The molecule has 1 heterocycles. The number of nitrogens with one attached hydrogen (secondary N) is 2. The third-order valence-electron chi connectivity index (χ3n) is 4.12. The molecule has 2 amide bonds. The van der Waals surface area contributed by atoms with Gasteiger partial charge >= 0.3 is 6.18 Å². The smallest absolute Gasteiger partial charge is 0.359 e. The molecule has 1 saturated heterocycles. The van der Waals surface area contributed by atoms with Gasteiger partial charge in [0.1, 0.15) is 5.82 Å². The van der Waals surface area contributed by atoms with Crippen molar-refractivity contribution in [2.45, 2.75) is 6.18 Å². The summed E-state index contributed by atoms with van der Waals surface area (Å²) in [6, 6.07) is 6.54. The van der Waals surface area contributed by atoms with E-state index in [0.717, 1.165) is 6.07 Å². The lowest BCUT2D eigenvalue weighted by molar-refractivity contribution is -0.140. The van der Waals surface area contributed by atoms with Crippen LogP contribution in [0.25, 0.3) is 0 Å². The maximum absolute atomic E-state index is 13.4. The van der Waals surface area contributed by atoms with Crippen LogP contribution in [0.3, 0.4) is 0 Å². The molecule has 0 unspecified atom stereocenters. The molecule has 0 aromatic heterocycles. The Labute approximate surface area is 162 Å². The van der Waals surface area contributed by atoms with Gasteiger partial charge in [0.25, 0.3) is 5.91 Å². The van der Waals surface area contributed by atoms with Crippen molar-refractivity contribution in [1.29, 1.82) is 0 Å². The fourth-order valence-corrected chi connectivity index (χ4v) is 3.07. The van der Waals surface area contributed by atoms with Crippen molar-refractivity contribution in [3.63, 3.8) is 0 Å². The first-order chi connectivity index (χ1) is 13.1. The second-order valence-electron chi connectivity index (χ2n) is 6.08. The Morgan fingerprint density at radius 2 is 1.93 bits per heavy atom. The highest BCUT2D eigenvalue weighted by atomic mass is 35.5. The zero-order valence-electron chi connectivity index (χ0n) is 14.2. The summed E-state index contributed by atoms with van der Waals surface area (Å²) >= 11 is 6.22. The summed E-state index contributed by atoms with van der Waals surface area (Å²) in [6.07, 6.45) is -4.91. The molecule has 0 spiro atoms. The fraction of sp³-hybridized carbons (Fsp3) is 0.222. The number of hydrogen-bond acceptors (Lipinski definition) is 3. The largest absolute Gasteiger partial charge is 0.419 e. The van der Waals surface area contributed by atoms with Crippen LogP contribution in [-0.4, -0.2) is 31.4 Å². The summed E-state index contributed by atoms with van der Waals surface area (Å²) in [6.45, 7) is 1.17. The van der Waals surface area contributed by atoms with E-state index in [-0.39, 0.29) is 28.7 Å². The number of alkyl halides is 3. The van der Waals surface area contributed by atoms with Gasteiger partial charge in [-0.25, -0.2) is 4.39 Å². The first kappa shape index (κ1) is 19.9. The quantitative estimate of drug-likeness (QED) is 0.752. The van der Waals surface area contributed by atoms with Gasteiger partial charge < -0.3 is 15.5 Å². The summed E-state index contributed by atoms with van der Waals surface area (Å²) in [5.74, 6) is -2.44. The van der Waals surface area contributed by atoms with Gasteiger partial charge in [0.15, 0.2) is 0 Å². The number of halogens is 5. The number of nitrogens with zero attached hydrogens (tertiary/aromatic N) is 1. The Kier molecular flexibility index (Phi) is 5.46. The molecule has 2 aromatic carbocycles. The van der Waals surface area contributed by atoms with Crippen molar-refractivity contribution in [2.75, 3.05) is 29.9 Å². The van der Waals surface area contributed by atoms with E-state index in [9.17, 15) is 27.2 Å². The van der Waals surface area contributed by atoms with Gasteiger partial charge in [0, 0.05) is 24.3 Å². The van der Waals surface area contributed by atoms with Gasteiger partial charge in [0.05, 0.1) is 22.8 Å². The molecular weight excluding hydrogens is 402 g/mol. The number of anilines is 2. The van der Waals surface area contributed by atoms with Gasteiger partial charge in [0.2, 0.25) is 5.91 Å². The average Bonchev–Trinajstić information content (AvgIpc) is 2.61. The molecule has 1 aliphatic rings. The Morgan fingerprint density at radius 3 is 2.57 bits per heavy atom. The van der Waals surface area contributed by atoms with Crippen LogP contribution in [-0.2, 0) is 11.0 Å². The summed E-state index contributed by atoms with van der Waals surface area (Å²) in [5.41, 5.74) is -1.02. The van der Waals surface area contributed by atoms with Crippen molar-refractivity contribution in [3.8, 4) is 0 Å². The van der Waals surface area contributed by atoms with E-state index < -0.39 is 23.5 Å². The molecule has 10 heteroatoms. The number of hydrogen-bond donors (Lipinski definition) is 2. The SMILES string of the molecule is O=C1CN(c2ccc(NC(=O)c3ccc(F)c(C(F)(F)F)c3)cc2Cl)CCN1. The third kappa shape index (κ3) is 4.36. The number of rotatable bonds is 3. The van der Waals surface area contributed by atoms with Crippen molar-refractivity contribution in [1.82, 2.24) is 5.32 Å². The standard InChI is InChI=1S/C18H14ClF4N3O2/c19-13-8-11(2-4-15(13)26-6-5-24-16(27)9-26)25-17(28)10-1-3-14(20)12(7-10)18(21,22)23/h1-4,7-8H,5-6,9H2,(H,24,27)(H,25,28). The zero-order valence-corrected chi connectivity index (χ0v) is 15.0. The van der Waals surface area contributed by atoms with Crippen LogP contribution >= 0.6 is 11.6 Å². The molecule has 1 aliphatic heterocycles. The van der Waals surface area contributed by atoms with Crippen molar-refractivity contribution in [2.24, 2.45) is 0 Å². The van der Waals surface area contributed by atoms with Crippen molar-refractivity contribution < 1.29 is 27.2 Å². The predicted octanol–water partition coefficient (Wildman–Crippen LogP) is 3.69. The number of carbonyl (C=O) groups is 2. The zero-order chi connectivity index (χ0) is 20.5. The maximum atomic E-state index is 13.4. The second kappa shape index (κ2) is 7.67. The van der Waals surface area contributed by atoms with Crippen molar-refractivity contribution >= 4 is 34.8 Å². The predicted molar refractivity (Wildman–Crippen MR) is 96.0 cm³/mol. The van der Waals surface area contributed by atoms with Gasteiger partial charge in [-0.3, -0.25) is 9.59 Å². The van der Waals surface area contributed by atoms with Crippen LogP contribution in [0.4, 0.5) is 28.9 Å². The molecular formula is C18H14ClF4N3O2. The van der Waals surface area contributed by atoms with E-state index in [1.165, 1.54) is 12.1 Å². The molecule has 0 bridgehead atoms. The molecule has 2 aromatic rings. The Bertz CT molecular complexity index is 934.